The van der Waals surface area contributed by atoms with E-state index >= 15 is 0 Å². The predicted molar refractivity (Wildman–Crippen MR) is 142 cm³/mol. The Morgan fingerprint density at radius 1 is 1.06 bits per heavy atom. The smallest absolute Gasteiger partial charge is 0.318 e. The minimum Gasteiger partial charge on any atom is -0.345 e. The highest BCUT2D eigenvalue weighted by molar-refractivity contribution is 5.84. The third-order valence-corrected chi connectivity index (χ3v) is 6.96. The molecule has 2 aromatic rings. The second-order valence-corrected chi connectivity index (χ2v) is 11.0. The lowest BCUT2D eigenvalue weighted by atomic mass is 9.94. The zero-order valence-electron chi connectivity index (χ0n) is 22.3. The number of benzene rings is 1. The van der Waals surface area contributed by atoms with E-state index in [-0.39, 0.29) is 36.1 Å². The molecule has 1 aliphatic carbocycles. The van der Waals surface area contributed by atoms with Crippen molar-refractivity contribution in [3.05, 3.63) is 59.9 Å². The largest absolute Gasteiger partial charge is 0.345 e. The van der Waals surface area contributed by atoms with E-state index < -0.39 is 0 Å². The molecule has 3 rings (SSSR count). The van der Waals surface area contributed by atoms with Crippen molar-refractivity contribution in [2.24, 2.45) is 0 Å². The van der Waals surface area contributed by atoms with Gasteiger partial charge in [0.25, 0.3) is 0 Å². The van der Waals surface area contributed by atoms with Crippen LogP contribution in [0.2, 0.25) is 0 Å². The summed E-state index contributed by atoms with van der Waals surface area (Å²) < 4.78 is 2.23. The molecule has 0 radical (unpaired) electrons. The van der Waals surface area contributed by atoms with Crippen molar-refractivity contribution in [2.75, 3.05) is 6.54 Å². The third-order valence-electron chi connectivity index (χ3n) is 6.96. The van der Waals surface area contributed by atoms with Gasteiger partial charge in [0.1, 0.15) is 6.54 Å². The molecule has 1 atom stereocenters. The van der Waals surface area contributed by atoms with Crippen LogP contribution in [0.25, 0.3) is 0 Å². The zero-order valence-corrected chi connectivity index (χ0v) is 22.3. The van der Waals surface area contributed by atoms with E-state index in [2.05, 4.69) is 64.3 Å². The number of amides is 3. The summed E-state index contributed by atoms with van der Waals surface area (Å²) in [5.41, 5.74) is 2.01. The Kier molecular flexibility index (Phi) is 9.41. The van der Waals surface area contributed by atoms with Crippen LogP contribution in [0, 0.1) is 0 Å². The van der Waals surface area contributed by atoms with Crippen LogP contribution in [-0.2, 0) is 17.9 Å². The molecule has 0 unspecified atom stereocenters. The average Bonchev–Trinajstić information content (AvgIpc) is 3.26. The van der Waals surface area contributed by atoms with Gasteiger partial charge in [0.15, 0.2) is 0 Å². The number of rotatable bonds is 9. The van der Waals surface area contributed by atoms with Crippen LogP contribution in [0.4, 0.5) is 4.79 Å². The fraction of sp³-hybridized carbons (Fsp3) is 0.586. The van der Waals surface area contributed by atoms with E-state index in [1.165, 1.54) is 12.0 Å². The zero-order chi connectivity index (χ0) is 25.4. The normalized spacial score (nSPS) is 15.5. The SMILES string of the molecule is CC[C@H](C)N(CC(=O)N(Cc1cccn1Cc1ccccc1)C1CCCCC1)C(=O)NC(C)(C)C. The molecule has 1 aromatic heterocycles. The van der Waals surface area contributed by atoms with Crippen LogP contribution in [-0.4, -0.2) is 50.5 Å². The van der Waals surface area contributed by atoms with Crippen molar-refractivity contribution in [1.29, 1.82) is 0 Å². The summed E-state index contributed by atoms with van der Waals surface area (Å²) in [5.74, 6) is 0.0359. The Morgan fingerprint density at radius 2 is 1.74 bits per heavy atom. The highest BCUT2D eigenvalue weighted by Crippen LogP contribution is 2.25. The lowest BCUT2D eigenvalue weighted by Crippen LogP contribution is -2.55. The Bertz CT molecular complexity index is 941. The molecular formula is C29H44N4O2. The van der Waals surface area contributed by atoms with Crippen molar-refractivity contribution < 1.29 is 9.59 Å². The predicted octanol–water partition coefficient (Wildman–Crippen LogP) is 5.81. The molecule has 192 valence electrons. The Balaban J connectivity index is 1.81. The van der Waals surface area contributed by atoms with Gasteiger partial charge in [0, 0.05) is 36.1 Å². The van der Waals surface area contributed by atoms with Gasteiger partial charge in [-0.05, 0) is 64.7 Å². The number of urea groups is 1. The lowest BCUT2D eigenvalue weighted by molar-refractivity contribution is -0.136. The van der Waals surface area contributed by atoms with E-state index in [1.54, 1.807) is 4.90 Å². The van der Waals surface area contributed by atoms with Gasteiger partial charge >= 0.3 is 6.03 Å². The van der Waals surface area contributed by atoms with Crippen molar-refractivity contribution in [1.82, 2.24) is 19.7 Å². The second kappa shape index (κ2) is 12.3. The second-order valence-electron chi connectivity index (χ2n) is 11.0. The number of aromatic nitrogens is 1. The van der Waals surface area contributed by atoms with Crippen molar-refractivity contribution in [3.63, 3.8) is 0 Å². The molecule has 1 N–H and O–H groups in total. The molecule has 0 aliphatic heterocycles. The minimum atomic E-state index is -0.354. The van der Waals surface area contributed by atoms with Gasteiger partial charge in [-0.15, -0.1) is 0 Å². The van der Waals surface area contributed by atoms with E-state index in [9.17, 15) is 9.59 Å². The first-order valence-corrected chi connectivity index (χ1v) is 13.2. The quantitative estimate of drug-likeness (QED) is 0.493. The summed E-state index contributed by atoms with van der Waals surface area (Å²) in [5, 5.41) is 3.05. The molecule has 0 spiro atoms. The number of hydrogen-bond donors (Lipinski definition) is 1. The Hall–Kier alpha value is -2.76. The number of hydrogen-bond acceptors (Lipinski definition) is 2. The number of nitrogens with zero attached hydrogens (tertiary/aromatic N) is 3. The van der Waals surface area contributed by atoms with Crippen molar-refractivity contribution in [2.45, 2.75) is 104 Å². The van der Waals surface area contributed by atoms with E-state index in [0.29, 0.717) is 6.54 Å². The van der Waals surface area contributed by atoms with E-state index in [0.717, 1.165) is 44.3 Å². The van der Waals surface area contributed by atoms with Crippen LogP contribution >= 0.6 is 0 Å². The van der Waals surface area contributed by atoms with Gasteiger partial charge in [0.05, 0.1) is 6.54 Å². The molecule has 0 bridgehead atoms. The fourth-order valence-corrected chi connectivity index (χ4v) is 4.79. The summed E-state index contributed by atoms with van der Waals surface area (Å²) in [7, 11) is 0. The highest BCUT2D eigenvalue weighted by atomic mass is 16.2. The molecule has 0 saturated heterocycles. The first kappa shape index (κ1) is 26.8. The van der Waals surface area contributed by atoms with Gasteiger partial charge in [-0.2, -0.15) is 0 Å². The molecule has 1 aliphatic rings. The van der Waals surface area contributed by atoms with Crippen LogP contribution in [0.15, 0.2) is 48.7 Å². The maximum absolute atomic E-state index is 13.8. The Morgan fingerprint density at radius 3 is 2.37 bits per heavy atom. The number of carbonyl (C=O) groups is 2. The van der Waals surface area contributed by atoms with Crippen molar-refractivity contribution in [3.8, 4) is 0 Å². The molecule has 6 nitrogen and oxygen atoms in total. The first-order chi connectivity index (χ1) is 16.7. The van der Waals surface area contributed by atoms with Crippen LogP contribution in [0.3, 0.4) is 0 Å². The van der Waals surface area contributed by atoms with Crippen LogP contribution in [0.5, 0.6) is 0 Å². The first-order valence-electron chi connectivity index (χ1n) is 13.2. The molecule has 1 aromatic carbocycles. The maximum atomic E-state index is 13.8. The highest BCUT2D eigenvalue weighted by Gasteiger charge is 2.31. The molecule has 6 heteroatoms. The topological polar surface area (TPSA) is 57.6 Å². The Labute approximate surface area is 211 Å². The molecule has 35 heavy (non-hydrogen) atoms. The molecule has 1 heterocycles. The number of nitrogens with one attached hydrogen (secondary N) is 1. The summed E-state index contributed by atoms with van der Waals surface area (Å²) in [6.45, 7) is 11.4. The molecular weight excluding hydrogens is 436 g/mol. The fourth-order valence-electron chi connectivity index (χ4n) is 4.79. The van der Waals surface area contributed by atoms with E-state index in [1.807, 2.05) is 33.8 Å². The molecule has 1 fully saturated rings. The monoisotopic (exact) mass is 480 g/mol. The standard InChI is InChI=1S/C29H44N4O2/c1-6-23(2)32(28(35)30-29(3,4)5)22-27(34)33(25-16-11-8-12-17-25)21-26-18-13-19-31(26)20-24-14-9-7-10-15-24/h7,9-10,13-15,18-19,23,25H,6,8,11-12,16-17,20-22H2,1-5H3,(H,30,35)/t23-/m0/s1. The summed E-state index contributed by atoms with van der Waals surface area (Å²) in [6, 6.07) is 14.6. The lowest BCUT2D eigenvalue weighted by Gasteiger charge is -2.38. The van der Waals surface area contributed by atoms with Crippen LogP contribution in [0.1, 0.15) is 84.4 Å². The molecule has 1 saturated carbocycles. The molecule has 3 amide bonds. The van der Waals surface area contributed by atoms with Crippen molar-refractivity contribution >= 4 is 11.9 Å². The summed E-state index contributed by atoms with van der Waals surface area (Å²) in [6.07, 6.45) is 8.49. The van der Waals surface area contributed by atoms with Gasteiger partial charge in [-0.1, -0.05) is 56.5 Å². The summed E-state index contributed by atoms with van der Waals surface area (Å²) >= 11 is 0. The van der Waals surface area contributed by atoms with Gasteiger partial charge in [-0.25, -0.2) is 4.79 Å². The van der Waals surface area contributed by atoms with Gasteiger partial charge in [-0.3, -0.25) is 4.79 Å². The minimum absolute atomic E-state index is 0.0172. The summed E-state index contributed by atoms with van der Waals surface area (Å²) in [4.78, 5) is 30.7. The average molecular weight is 481 g/mol. The van der Waals surface area contributed by atoms with Crippen LogP contribution < -0.4 is 5.32 Å². The maximum Gasteiger partial charge on any atom is 0.318 e. The number of carbonyl (C=O) groups excluding carboxylic acids is 2. The van der Waals surface area contributed by atoms with E-state index in [4.69, 9.17) is 0 Å². The van der Waals surface area contributed by atoms with Gasteiger partial charge < -0.3 is 19.7 Å². The third kappa shape index (κ3) is 7.87. The van der Waals surface area contributed by atoms with Gasteiger partial charge in [0.2, 0.25) is 5.91 Å².